The van der Waals surface area contributed by atoms with Gasteiger partial charge in [-0.2, -0.15) is 0 Å². The highest BCUT2D eigenvalue weighted by atomic mass is 16.6. The third-order valence-corrected chi connectivity index (χ3v) is 3.82. The molecule has 1 aromatic carbocycles. The van der Waals surface area contributed by atoms with Crippen molar-refractivity contribution in [1.82, 2.24) is 0 Å². The zero-order chi connectivity index (χ0) is 23.0. The maximum atomic E-state index is 12.0. The van der Waals surface area contributed by atoms with E-state index in [2.05, 4.69) is 12.2 Å². The molecule has 0 atom stereocenters. The molecule has 0 aliphatic carbocycles. The highest BCUT2D eigenvalue weighted by molar-refractivity contribution is 5.89. The normalized spacial score (nSPS) is 11.2. The molecule has 0 saturated heterocycles. The quantitative estimate of drug-likeness (QED) is 0.309. The molecule has 0 fully saturated rings. The molecule has 0 spiro atoms. The van der Waals surface area contributed by atoms with Crippen LogP contribution < -0.4 is 5.32 Å². The SMILES string of the molecule is CCCCNc1ccc(C(=O)OCCOCCOCCOCC(=O)OC(C)(C)C)cc1. The first-order chi connectivity index (χ1) is 14.8. The lowest BCUT2D eigenvalue weighted by Crippen LogP contribution is -2.27. The Balaban J connectivity index is 1.98. The van der Waals surface area contributed by atoms with Gasteiger partial charge in [0.2, 0.25) is 0 Å². The third kappa shape index (κ3) is 14.5. The van der Waals surface area contributed by atoms with E-state index in [1.807, 2.05) is 12.1 Å². The van der Waals surface area contributed by atoms with E-state index in [-0.39, 0.29) is 19.2 Å². The van der Waals surface area contributed by atoms with Gasteiger partial charge >= 0.3 is 11.9 Å². The summed E-state index contributed by atoms with van der Waals surface area (Å²) < 4.78 is 26.2. The Labute approximate surface area is 185 Å². The molecule has 0 heterocycles. The smallest absolute Gasteiger partial charge is 0.338 e. The minimum absolute atomic E-state index is 0.0966. The molecule has 1 N–H and O–H groups in total. The number of hydrogen-bond acceptors (Lipinski definition) is 8. The fourth-order valence-electron chi connectivity index (χ4n) is 2.38. The van der Waals surface area contributed by atoms with E-state index in [4.69, 9.17) is 23.7 Å². The van der Waals surface area contributed by atoms with E-state index in [0.29, 0.717) is 38.6 Å². The molecule has 31 heavy (non-hydrogen) atoms. The van der Waals surface area contributed by atoms with Gasteiger partial charge < -0.3 is 29.0 Å². The summed E-state index contributed by atoms with van der Waals surface area (Å²) in [6, 6.07) is 7.24. The van der Waals surface area contributed by atoms with Crippen molar-refractivity contribution in [2.45, 2.75) is 46.1 Å². The number of carbonyl (C=O) groups is 2. The first kappa shape index (κ1) is 26.9. The number of carbonyl (C=O) groups excluding carboxylic acids is 2. The Morgan fingerprint density at radius 1 is 0.871 bits per heavy atom. The van der Waals surface area contributed by atoms with E-state index in [1.165, 1.54) is 0 Å². The molecule has 1 rings (SSSR count). The Kier molecular flexibility index (Phi) is 13.5. The summed E-state index contributed by atoms with van der Waals surface area (Å²) in [6.07, 6.45) is 2.24. The second-order valence-electron chi connectivity index (χ2n) is 7.86. The summed E-state index contributed by atoms with van der Waals surface area (Å²) in [4.78, 5) is 23.5. The Morgan fingerprint density at radius 2 is 1.45 bits per heavy atom. The summed E-state index contributed by atoms with van der Waals surface area (Å²) >= 11 is 0. The second-order valence-corrected chi connectivity index (χ2v) is 7.86. The van der Waals surface area contributed by atoms with E-state index < -0.39 is 11.6 Å². The first-order valence-electron chi connectivity index (χ1n) is 10.8. The van der Waals surface area contributed by atoms with Crippen molar-refractivity contribution in [2.75, 3.05) is 58.1 Å². The van der Waals surface area contributed by atoms with Gasteiger partial charge in [-0.3, -0.25) is 0 Å². The van der Waals surface area contributed by atoms with Crippen molar-refractivity contribution in [2.24, 2.45) is 0 Å². The van der Waals surface area contributed by atoms with Crippen LogP contribution in [0, 0.1) is 0 Å². The molecule has 0 saturated carbocycles. The lowest BCUT2D eigenvalue weighted by Gasteiger charge is -2.19. The lowest BCUT2D eigenvalue weighted by atomic mass is 10.2. The van der Waals surface area contributed by atoms with Crippen LogP contribution in [0.25, 0.3) is 0 Å². The summed E-state index contributed by atoms with van der Waals surface area (Å²) in [7, 11) is 0. The first-order valence-corrected chi connectivity index (χ1v) is 10.8. The molecule has 0 unspecified atom stereocenters. The van der Waals surface area contributed by atoms with Gasteiger partial charge in [0.1, 0.15) is 18.8 Å². The van der Waals surface area contributed by atoms with Gasteiger partial charge in [-0.15, -0.1) is 0 Å². The molecule has 8 heteroatoms. The van der Waals surface area contributed by atoms with E-state index in [9.17, 15) is 9.59 Å². The van der Waals surface area contributed by atoms with Gasteiger partial charge in [0.25, 0.3) is 0 Å². The fraction of sp³-hybridized carbons (Fsp3) is 0.652. The van der Waals surface area contributed by atoms with Crippen LogP contribution in [0.1, 0.15) is 50.9 Å². The molecule has 176 valence electrons. The van der Waals surface area contributed by atoms with Crippen LogP contribution in [-0.4, -0.2) is 70.3 Å². The third-order valence-electron chi connectivity index (χ3n) is 3.82. The number of nitrogens with one attached hydrogen (secondary N) is 1. The van der Waals surface area contributed by atoms with Crippen LogP contribution in [0.15, 0.2) is 24.3 Å². The Morgan fingerprint density at radius 3 is 2.03 bits per heavy atom. The van der Waals surface area contributed by atoms with Gasteiger partial charge in [0, 0.05) is 12.2 Å². The van der Waals surface area contributed by atoms with Gasteiger partial charge in [-0.25, -0.2) is 9.59 Å². The van der Waals surface area contributed by atoms with Gasteiger partial charge in [-0.1, -0.05) is 13.3 Å². The van der Waals surface area contributed by atoms with Crippen LogP contribution in [-0.2, 0) is 28.5 Å². The molecule has 0 aliphatic rings. The van der Waals surface area contributed by atoms with Gasteiger partial charge in [0.05, 0.1) is 38.6 Å². The highest BCUT2D eigenvalue weighted by Gasteiger charge is 2.15. The molecule has 1 aromatic rings. The number of anilines is 1. The van der Waals surface area contributed by atoms with Crippen LogP contribution in [0.5, 0.6) is 0 Å². The van der Waals surface area contributed by atoms with Gasteiger partial charge in [-0.05, 0) is 51.5 Å². The predicted octanol–water partition coefficient (Wildman–Crippen LogP) is 3.45. The number of esters is 2. The fourth-order valence-corrected chi connectivity index (χ4v) is 2.38. The highest BCUT2D eigenvalue weighted by Crippen LogP contribution is 2.11. The van der Waals surface area contributed by atoms with Crippen LogP contribution >= 0.6 is 0 Å². The van der Waals surface area contributed by atoms with Crippen LogP contribution in [0.3, 0.4) is 0 Å². The largest absolute Gasteiger partial charge is 0.460 e. The monoisotopic (exact) mass is 439 g/mol. The zero-order valence-corrected chi connectivity index (χ0v) is 19.2. The molecule has 0 amide bonds. The Hall–Kier alpha value is -2.16. The Bertz CT molecular complexity index is 626. The molecule has 8 nitrogen and oxygen atoms in total. The summed E-state index contributed by atoms with van der Waals surface area (Å²) in [6.45, 7) is 10.3. The average molecular weight is 440 g/mol. The molecular formula is C23H37NO7. The standard InChI is InChI=1S/C23H37NO7/c1-5-6-11-24-20-9-7-19(8-10-20)22(26)30-17-16-28-13-12-27-14-15-29-18-21(25)31-23(2,3)4/h7-10,24H,5-6,11-18H2,1-4H3. The minimum atomic E-state index is -0.515. The lowest BCUT2D eigenvalue weighted by molar-refractivity contribution is -0.160. The molecule has 0 bridgehead atoms. The molecule has 0 aromatic heterocycles. The predicted molar refractivity (Wildman–Crippen MR) is 118 cm³/mol. The molecular weight excluding hydrogens is 402 g/mol. The second kappa shape index (κ2) is 15.6. The zero-order valence-electron chi connectivity index (χ0n) is 19.2. The van der Waals surface area contributed by atoms with Gasteiger partial charge in [0.15, 0.2) is 0 Å². The summed E-state index contributed by atoms with van der Waals surface area (Å²) in [5.41, 5.74) is 0.984. The van der Waals surface area contributed by atoms with E-state index in [1.54, 1.807) is 32.9 Å². The average Bonchev–Trinajstić information content (AvgIpc) is 2.71. The number of ether oxygens (including phenoxy) is 5. The number of unbranched alkanes of at least 4 members (excludes halogenated alkanes) is 1. The summed E-state index contributed by atoms with van der Waals surface area (Å²) in [5, 5.41) is 3.30. The molecule has 0 radical (unpaired) electrons. The van der Waals surface area contributed by atoms with E-state index >= 15 is 0 Å². The van der Waals surface area contributed by atoms with Crippen molar-refractivity contribution in [3.8, 4) is 0 Å². The topological polar surface area (TPSA) is 92.3 Å². The van der Waals surface area contributed by atoms with Crippen molar-refractivity contribution in [3.05, 3.63) is 29.8 Å². The number of rotatable bonds is 16. The minimum Gasteiger partial charge on any atom is -0.460 e. The number of benzene rings is 1. The van der Waals surface area contributed by atoms with Crippen LogP contribution in [0.2, 0.25) is 0 Å². The summed E-state index contributed by atoms with van der Waals surface area (Å²) in [5.74, 6) is -0.771. The van der Waals surface area contributed by atoms with Crippen LogP contribution in [0.4, 0.5) is 5.69 Å². The number of hydrogen-bond donors (Lipinski definition) is 1. The van der Waals surface area contributed by atoms with Crippen molar-refractivity contribution in [1.29, 1.82) is 0 Å². The maximum Gasteiger partial charge on any atom is 0.338 e. The van der Waals surface area contributed by atoms with Crippen molar-refractivity contribution in [3.63, 3.8) is 0 Å². The van der Waals surface area contributed by atoms with E-state index in [0.717, 1.165) is 25.1 Å². The maximum absolute atomic E-state index is 12.0. The molecule has 0 aliphatic heterocycles. The van der Waals surface area contributed by atoms with Crippen molar-refractivity contribution < 1.29 is 33.3 Å². The van der Waals surface area contributed by atoms with Crippen molar-refractivity contribution >= 4 is 17.6 Å².